The molecule has 0 aliphatic heterocycles. The van der Waals surface area contributed by atoms with Crippen LogP contribution >= 0.6 is 0 Å². The molecule has 0 aromatic rings. The monoisotopic (exact) mass is 274 g/mol. The first-order valence-corrected chi connectivity index (χ1v) is 7.18. The second-order valence-corrected chi connectivity index (χ2v) is 7.48. The summed E-state index contributed by atoms with van der Waals surface area (Å²) < 4.78 is 11.9. The van der Waals surface area contributed by atoms with E-state index in [1.54, 1.807) is 7.11 Å². The van der Waals surface area contributed by atoms with Crippen molar-refractivity contribution in [3.8, 4) is 0 Å². The summed E-state index contributed by atoms with van der Waals surface area (Å²) in [5, 5.41) is 10.3. The molecule has 1 unspecified atom stereocenters. The maximum atomic E-state index is 10.3. The molecule has 3 nitrogen and oxygen atoms in total. The SMILES string of the molecule is CCC(O)C(C)(C)C(C)(C)OC(C)(C)C(C)(C)OC. The van der Waals surface area contributed by atoms with Crippen LogP contribution in [0.15, 0.2) is 0 Å². The molecule has 0 saturated heterocycles. The van der Waals surface area contributed by atoms with E-state index in [1.165, 1.54) is 0 Å². The highest BCUT2D eigenvalue weighted by Gasteiger charge is 2.49. The van der Waals surface area contributed by atoms with Gasteiger partial charge in [0.25, 0.3) is 0 Å². The molecule has 0 radical (unpaired) electrons. The summed E-state index contributed by atoms with van der Waals surface area (Å²) in [4.78, 5) is 0. The maximum absolute atomic E-state index is 10.3. The Bertz CT molecular complexity index is 290. The molecule has 1 atom stereocenters. The van der Waals surface area contributed by atoms with E-state index in [0.29, 0.717) is 6.42 Å². The van der Waals surface area contributed by atoms with Crippen LogP contribution in [0.2, 0.25) is 0 Å². The van der Waals surface area contributed by atoms with Gasteiger partial charge >= 0.3 is 0 Å². The average Bonchev–Trinajstić information content (AvgIpc) is 2.25. The summed E-state index contributed by atoms with van der Waals surface area (Å²) in [6.45, 7) is 18.3. The van der Waals surface area contributed by atoms with Crippen molar-refractivity contribution >= 4 is 0 Å². The first-order chi connectivity index (χ1) is 8.25. The second-order valence-electron chi connectivity index (χ2n) is 7.48. The Labute approximate surface area is 119 Å². The number of aliphatic hydroxyl groups is 1. The van der Waals surface area contributed by atoms with Crippen LogP contribution in [0.3, 0.4) is 0 Å². The highest BCUT2D eigenvalue weighted by molar-refractivity contribution is 4.98. The van der Waals surface area contributed by atoms with Crippen LogP contribution in [-0.4, -0.2) is 35.1 Å². The Morgan fingerprint density at radius 2 is 1.26 bits per heavy atom. The van der Waals surface area contributed by atoms with Crippen molar-refractivity contribution in [1.82, 2.24) is 0 Å². The van der Waals surface area contributed by atoms with E-state index in [2.05, 4.69) is 13.8 Å². The summed E-state index contributed by atoms with van der Waals surface area (Å²) in [6.07, 6.45) is 0.317. The molecular formula is C16H34O3. The number of rotatable bonds is 7. The van der Waals surface area contributed by atoms with Gasteiger partial charge < -0.3 is 14.6 Å². The van der Waals surface area contributed by atoms with E-state index in [9.17, 15) is 5.11 Å². The molecule has 0 aliphatic carbocycles. The van der Waals surface area contributed by atoms with Crippen molar-refractivity contribution in [2.45, 2.75) is 91.6 Å². The van der Waals surface area contributed by atoms with Gasteiger partial charge in [0.2, 0.25) is 0 Å². The minimum absolute atomic E-state index is 0.344. The van der Waals surface area contributed by atoms with E-state index in [1.807, 2.05) is 48.5 Å². The lowest BCUT2D eigenvalue weighted by Crippen LogP contribution is -2.58. The molecule has 0 heterocycles. The normalized spacial score (nSPS) is 16.6. The fraction of sp³-hybridized carbons (Fsp3) is 1.00. The fourth-order valence-electron chi connectivity index (χ4n) is 2.05. The number of methoxy groups -OCH3 is 1. The first-order valence-electron chi connectivity index (χ1n) is 7.18. The highest BCUT2D eigenvalue weighted by atomic mass is 16.6. The van der Waals surface area contributed by atoms with Crippen LogP contribution in [0.4, 0.5) is 0 Å². The zero-order valence-electron chi connectivity index (χ0n) is 14.5. The van der Waals surface area contributed by atoms with E-state index >= 15 is 0 Å². The molecule has 116 valence electrons. The highest BCUT2D eigenvalue weighted by Crippen LogP contribution is 2.43. The van der Waals surface area contributed by atoms with Gasteiger partial charge in [-0.25, -0.2) is 0 Å². The number of aliphatic hydroxyl groups excluding tert-OH is 1. The third-order valence-corrected chi connectivity index (χ3v) is 5.24. The van der Waals surface area contributed by atoms with Crippen LogP contribution in [0.25, 0.3) is 0 Å². The standard InChI is InChI=1S/C16H34O3/c1-11-12(17)13(2,3)14(4,5)19-16(8,9)15(6,7)18-10/h12,17H,11H2,1-10H3. The van der Waals surface area contributed by atoms with Crippen molar-refractivity contribution in [2.24, 2.45) is 5.41 Å². The van der Waals surface area contributed by atoms with E-state index < -0.39 is 22.9 Å². The van der Waals surface area contributed by atoms with Crippen molar-refractivity contribution in [2.75, 3.05) is 7.11 Å². The lowest BCUT2D eigenvalue weighted by Gasteiger charge is -2.51. The molecule has 0 aliphatic rings. The van der Waals surface area contributed by atoms with Gasteiger partial charge in [-0.15, -0.1) is 0 Å². The number of hydrogen-bond donors (Lipinski definition) is 1. The fourth-order valence-corrected chi connectivity index (χ4v) is 2.05. The Morgan fingerprint density at radius 3 is 1.58 bits per heavy atom. The molecule has 0 aromatic carbocycles. The number of ether oxygens (including phenoxy) is 2. The number of hydrogen-bond acceptors (Lipinski definition) is 3. The van der Waals surface area contributed by atoms with Crippen LogP contribution in [0.1, 0.15) is 68.7 Å². The molecular weight excluding hydrogens is 240 g/mol. The van der Waals surface area contributed by atoms with Gasteiger partial charge in [0, 0.05) is 12.5 Å². The molecule has 0 spiro atoms. The minimum Gasteiger partial charge on any atom is -0.392 e. The first kappa shape index (κ1) is 18.9. The molecule has 0 rings (SSSR count). The summed E-state index contributed by atoms with van der Waals surface area (Å²) in [6, 6.07) is 0. The van der Waals surface area contributed by atoms with Gasteiger partial charge in [0.1, 0.15) is 0 Å². The molecule has 19 heavy (non-hydrogen) atoms. The van der Waals surface area contributed by atoms with Crippen molar-refractivity contribution < 1.29 is 14.6 Å². The zero-order valence-corrected chi connectivity index (χ0v) is 14.5. The second kappa shape index (κ2) is 5.71. The topological polar surface area (TPSA) is 38.7 Å². The quantitative estimate of drug-likeness (QED) is 0.768. The van der Waals surface area contributed by atoms with Gasteiger partial charge in [0.05, 0.1) is 22.9 Å². The third kappa shape index (κ3) is 3.71. The summed E-state index contributed by atoms with van der Waals surface area (Å²) in [5.41, 5.74) is -1.68. The summed E-state index contributed by atoms with van der Waals surface area (Å²) >= 11 is 0. The molecule has 0 aromatic heterocycles. The molecule has 0 fully saturated rings. The Hall–Kier alpha value is -0.120. The van der Waals surface area contributed by atoms with Gasteiger partial charge in [0.15, 0.2) is 0 Å². The largest absolute Gasteiger partial charge is 0.392 e. The van der Waals surface area contributed by atoms with Gasteiger partial charge in [-0.05, 0) is 48.0 Å². The van der Waals surface area contributed by atoms with Crippen LogP contribution in [-0.2, 0) is 9.47 Å². The lowest BCUT2D eigenvalue weighted by atomic mass is 9.71. The predicted octanol–water partition coefficient (Wildman–Crippen LogP) is 3.78. The summed E-state index contributed by atoms with van der Waals surface area (Å²) in [7, 11) is 1.70. The molecule has 0 amide bonds. The molecule has 0 bridgehead atoms. The molecule has 3 heteroatoms. The zero-order chi connectivity index (χ0) is 15.7. The van der Waals surface area contributed by atoms with E-state index in [-0.39, 0.29) is 5.41 Å². The third-order valence-electron chi connectivity index (χ3n) is 5.24. The van der Waals surface area contributed by atoms with Crippen molar-refractivity contribution in [3.05, 3.63) is 0 Å². The Morgan fingerprint density at radius 1 is 0.842 bits per heavy atom. The molecule has 0 saturated carbocycles. The van der Waals surface area contributed by atoms with Crippen LogP contribution in [0, 0.1) is 5.41 Å². The smallest absolute Gasteiger partial charge is 0.0916 e. The van der Waals surface area contributed by atoms with Gasteiger partial charge in [-0.3, -0.25) is 0 Å². The summed E-state index contributed by atoms with van der Waals surface area (Å²) in [5.74, 6) is 0. The average molecular weight is 274 g/mol. The van der Waals surface area contributed by atoms with Gasteiger partial charge in [-0.2, -0.15) is 0 Å². The Kier molecular flexibility index (Phi) is 5.67. The predicted molar refractivity (Wildman–Crippen MR) is 80.4 cm³/mol. The maximum Gasteiger partial charge on any atom is 0.0916 e. The van der Waals surface area contributed by atoms with E-state index in [4.69, 9.17) is 9.47 Å². The van der Waals surface area contributed by atoms with Crippen molar-refractivity contribution in [1.29, 1.82) is 0 Å². The lowest BCUT2D eigenvalue weighted by molar-refractivity contribution is -0.252. The van der Waals surface area contributed by atoms with E-state index in [0.717, 1.165) is 0 Å². The van der Waals surface area contributed by atoms with Crippen LogP contribution in [0.5, 0.6) is 0 Å². The minimum atomic E-state index is -0.471. The van der Waals surface area contributed by atoms with Crippen molar-refractivity contribution in [3.63, 3.8) is 0 Å². The molecule has 1 N–H and O–H groups in total. The Balaban J connectivity index is 5.26. The van der Waals surface area contributed by atoms with Gasteiger partial charge in [-0.1, -0.05) is 20.8 Å². The van der Waals surface area contributed by atoms with Crippen LogP contribution < -0.4 is 0 Å².